The van der Waals surface area contributed by atoms with E-state index in [1.54, 1.807) is 0 Å². The smallest absolute Gasteiger partial charge is 0.113 e. The highest BCUT2D eigenvalue weighted by atomic mass is 15.2. The number of piperidine rings is 3. The lowest BCUT2D eigenvalue weighted by Crippen LogP contribution is -2.51. The van der Waals surface area contributed by atoms with Crippen LogP contribution in [0.15, 0.2) is 24.3 Å². The summed E-state index contributed by atoms with van der Waals surface area (Å²) in [6, 6.07) is 8.36. The Balaban J connectivity index is 1.82. The van der Waals surface area contributed by atoms with Gasteiger partial charge in [0, 0.05) is 5.41 Å². The van der Waals surface area contributed by atoms with Gasteiger partial charge < -0.3 is 9.88 Å². The zero-order valence-electron chi connectivity index (χ0n) is 9.95. The lowest BCUT2D eigenvalue weighted by molar-refractivity contribution is 0.0770. The summed E-state index contributed by atoms with van der Waals surface area (Å²) < 4.78 is 0. The topological polar surface area (TPSA) is 31.9 Å². The molecule has 17 heavy (non-hydrogen) atoms. The van der Waals surface area contributed by atoms with E-state index in [0.29, 0.717) is 5.41 Å². The van der Waals surface area contributed by atoms with E-state index in [1.807, 2.05) is 0 Å². The molecule has 0 aliphatic carbocycles. The van der Waals surface area contributed by atoms with Crippen LogP contribution in [0, 0.1) is 0 Å². The van der Waals surface area contributed by atoms with Crippen LogP contribution in [0.1, 0.15) is 25.1 Å². The Hall–Kier alpha value is -1.35. The van der Waals surface area contributed by atoms with Crippen LogP contribution in [0.3, 0.4) is 0 Å². The highest BCUT2D eigenvalue weighted by molar-refractivity contribution is 5.75. The van der Waals surface area contributed by atoms with E-state index in [1.165, 1.54) is 50.2 Å². The van der Waals surface area contributed by atoms with Gasteiger partial charge in [-0.2, -0.15) is 0 Å². The third kappa shape index (κ3) is 1.35. The van der Waals surface area contributed by atoms with Crippen molar-refractivity contribution < 1.29 is 0 Å². The number of nitrogens with one attached hydrogen (secondary N) is 1. The first-order valence-electron chi connectivity index (χ1n) is 6.53. The Morgan fingerprint density at radius 1 is 1.06 bits per heavy atom. The van der Waals surface area contributed by atoms with Crippen molar-refractivity contribution in [3.8, 4) is 0 Å². The van der Waals surface area contributed by atoms with E-state index in [4.69, 9.17) is 4.98 Å². The van der Waals surface area contributed by atoms with E-state index in [0.717, 1.165) is 5.52 Å². The Labute approximate surface area is 101 Å². The second-order valence-corrected chi connectivity index (χ2v) is 5.47. The monoisotopic (exact) mass is 227 g/mol. The van der Waals surface area contributed by atoms with Crippen LogP contribution in [-0.2, 0) is 5.41 Å². The first-order chi connectivity index (χ1) is 8.36. The van der Waals surface area contributed by atoms with Gasteiger partial charge in [-0.15, -0.1) is 0 Å². The summed E-state index contributed by atoms with van der Waals surface area (Å²) in [6.07, 6.45) is 3.81. The van der Waals surface area contributed by atoms with Crippen LogP contribution < -0.4 is 0 Å². The quantitative estimate of drug-likeness (QED) is 0.810. The number of rotatable bonds is 1. The van der Waals surface area contributed by atoms with Gasteiger partial charge in [-0.3, -0.25) is 0 Å². The average molecular weight is 227 g/mol. The molecule has 0 saturated carbocycles. The molecule has 2 bridgehead atoms. The number of H-pyrrole nitrogens is 1. The Morgan fingerprint density at radius 3 is 2.47 bits per heavy atom. The molecule has 1 aromatic heterocycles. The SMILES string of the molecule is c1ccc2[nH]c(C34CCN(CC3)CC4)nc2c1. The van der Waals surface area contributed by atoms with E-state index >= 15 is 0 Å². The van der Waals surface area contributed by atoms with Crippen molar-refractivity contribution in [3.63, 3.8) is 0 Å². The van der Waals surface area contributed by atoms with Gasteiger partial charge in [-0.05, 0) is 51.0 Å². The molecule has 3 saturated heterocycles. The molecule has 3 aliphatic rings. The summed E-state index contributed by atoms with van der Waals surface area (Å²) in [5.74, 6) is 1.23. The van der Waals surface area contributed by atoms with Gasteiger partial charge in [0.1, 0.15) is 5.82 Å². The number of hydrogen-bond acceptors (Lipinski definition) is 2. The Bertz CT molecular complexity index is 503. The molecule has 1 aromatic carbocycles. The molecule has 3 heteroatoms. The summed E-state index contributed by atoms with van der Waals surface area (Å²) in [4.78, 5) is 11.0. The summed E-state index contributed by atoms with van der Waals surface area (Å²) >= 11 is 0. The predicted molar refractivity (Wildman–Crippen MR) is 68.1 cm³/mol. The van der Waals surface area contributed by atoms with Crippen LogP contribution in [0.25, 0.3) is 11.0 Å². The molecule has 3 fully saturated rings. The molecule has 4 heterocycles. The molecule has 88 valence electrons. The number of imidazole rings is 1. The number of para-hydroxylation sites is 2. The van der Waals surface area contributed by atoms with Gasteiger partial charge >= 0.3 is 0 Å². The zero-order valence-corrected chi connectivity index (χ0v) is 9.95. The maximum Gasteiger partial charge on any atom is 0.113 e. The van der Waals surface area contributed by atoms with Crippen LogP contribution in [0.5, 0.6) is 0 Å². The van der Waals surface area contributed by atoms with Gasteiger partial charge in [0.2, 0.25) is 0 Å². The van der Waals surface area contributed by atoms with E-state index < -0.39 is 0 Å². The minimum atomic E-state index is 0.341. The van der Waals surface area contributed by atoms with Crippen LogP contribution in [-0.4, -0.2) is 34.5 Å². The maximum atomic E-state index is 4.83. The number of benzene rings is 1. The first kappa shape index (κ1) is 9.66. The second-order valence-electron chi connectivity index (χ2n) is 5.47. The summed E-state index contributed by atoms with van der Waals surface area (Å²) in [5, 5.41) is 0. The van der Waals surface area contributed by atoms with E-state index in [-0.39, 0.29) is 0 Å². The largest absolute Gasteiger partial charge is 0.342 e. The predicted octanol–water partition coefficient (Wildman–Crippen LogP) is 2.30. The number of aromatic amines is 1. The van der Waals surface area contributed by atoms with Gasteiger partial charge in [0.15, 0.2) is 0 Å². The third-order valence-corrected chi connectivity index (χ3v) is 4.61. The number of hydrogen-bond donors (Lipinski definition) is 1. The van der Waals surface area contributed by atoms with Gasteiger partial charge in [-0.1, -0.05) is 12.1 Å². The Kier molecular flexibility index (Phi) is 1.89. The van der Waals surface area contributed by atoms with Crippen molar-refractivity contribution in [1.82, 2.24) is 14.9 Å². The molecule has 0 spiro atoms. The van der Waals surface area contributed by atoms with Crippen molar-refractivity contribution >= 4 is 11.0 Å². The summed E-state index contributed by atoms with van der Waals surface area (Å²) in [5.41, 5.74) is 2.64. The van der Waals surface area contributed by atoms with Crippen LogP contribution in [0.4, 0.5) is 0 Å². The molecule has 0 radical (unpaired) electrons. The lowest BCUT2D eigenvalue weighted by atomic mass is 9.71. The van der Waals surface area contributed by atoms with Crippen molar-refractivity contribution in [2.75, 3.05) is 19.6 Å². The highest BCUT2D eigenvalue weighted by Gasteiger charge is 2.42. The van der Waals surface area contributed by atoms with Crippen LogP contribution in [0.2, 0.25) is 0 Å². The fraction of sp³-hybridized carbons (Fsp3) is 0.500. The first-order valence-corrected chi connectivity index (χ1v) is 6.53. The van der Waals surface area contributed by atoms with Crippen molar-refractivity contribution in [3.05, 3.63) is 30.1 Å². The molecular formula is C14H17N3. The highest BCUT2D eigenvalue weighted by Crippen LogP contribution is 2.41. The normalized spacial score (nSPS) is 32.1. The number of aromatic nitrogens is 2. The fourth-order valence-electron chi connectivity index (χ4n) is 3.39. The van der Waals surface area contributed by atoms with Crippen molar-refractivity contribution in [2.45, 2.75) is 24.7 Å². The molecule has 2 aromatic rings. The molecule has 5 rings (SSSR count). The molecule has 0 atom stereocenters. The third-order valence-electron chi connectivity index (χ3n) is 4.61. The minimum absolute atomic E-state index is 0.341. The van der Waals surface area contributed by atoms with Crippen molar-refractivity contribution in [1.29, 1.82) is 0 Å². The number of fused-ring (bicyclic) bond motifs is 4. The average Bonchev–Trinajstić information content (AvgIpc) is 2.85. The number of nitrogens with zero attached hydrogens (tertiary/aromatic N) is 2. The van der Waals surface area contributed by atoms with E-state index in [9.17, 15) is 0 Å². The van der Waals surface area contributed by atoms with Crippen LogP contribution >= 0.6 is 0 Å². The van der Waals surface area contributed by atoms with Gasteiger partial charge in [0.05, 0.1) is 11.0 Å². The molecule has 0 amide bonds. The second kappa shape index (κ2) is 3.33. The zero-order chi connectivity index (χ0) is 11.3. The standard InChI is InChI=1S/C14H17N3/c1-2-4-12-11(3-1)15-13(16-12)14-5-8-17(9-6-14)10-7-14/h1-4H,5-10H2,(H,15,16). The maximum absolute atomic E-state index is 4.83. The summed E-state index contributed by atoms with van der Waals surface area (Å²) in [6.45, 7) is 3.74. The van der Waals surface area contributed by atoms with Gasteiger partial charge in [0.25, 0.3) is 0 Å². The lowest BCUT2D eigenvalue weighted by Gasteiger charge is -2.47. The molecular weight excluding hydrogens is 210 g/mol. The van der Waals surface area contributed by atoms with E-state index in [2.05, 4.69) is 34.1 Å². The molecule has 3 aliphatic heterocycles. The Morgan fingerprint density at radius 2 is 1.76 bits per heavy atom. The van der Waals surface area contributed by atoms with Gasteiger partial charge in [-0.25, -0.2) is 4.98 Å². The summed E-state index contributed by atoms with van der Waals surface area (Å²) in [7, 11) is 0. The molecule has 0 unspecified atom stereocenters. The molecule has 1 N–H and O–H groups in total. The minimum Gasteiger partial charge on any atom is -0.342 e. The fourth-order valence-corrected chi connectivity index (χ4v) is 3.39. The van der Waals surface area contributed by atoms with Crippen molar-refractivity contribution in [2.24, 2.45) is 0 Å². The molecule has 3 nitrogen and oxygen atoms in total.